The number of aromatic nitrogens is 2. The molecule has 0 saturated carbocycles. The molecule has 0 amide bonds. The molecule has 1 aromatic heterocycles. The second kappa shape index (κ2) is 4.99. The molecule has 0 atom stereocenters. The van der Waals surface area contributed by atoms with E-state index in [0.29, 0.717) is 0 Å². The monoisotopic (exact) mass is 272 g/mol. The van der Waals surface area contributed by atoms with Gasteiger partial charge in [0.05, 0.1) is 5.52 Å². The zero-order valence-electron chi connectivity index (χ0n) is 12.9. The van der Waals surface area contributed by atoms with Crippen LogP contribution in [0.15, 0.2) is 30.5 Å². The minimum atomic E-state index is 0.744. The number of aryl methyl sites for hydroxylation is 2. The van der Waals surface area contributed by atoms with E-state index in [-0.39, 0.29) is 0 Å². The smallest absolute Gasteiger partial charge is 0.159 e. The molecule has 0 N–H and O–H groups in total. The van der Waals surface area contributed by atoms with Crippen molar-refractivity contribution >= 4 is 24.2 Å². The van der Waals surface area contributed by atoms with Crippen molar-refractivity contribution in [3.05, 3.63) is 52.7 Å². The summed E-state index contributed by atoms with van der Waals surface area (Å²) >= 11 is 0. The van der Waals surface area contributed by atoms with Gasteiger partial charge in [0.1, 0.15) is 7.85 Å². The molecular weight excluding hydrogens is 255 g/mol. The second-order valence-electron chi connectivity index (χ2n) is 5.58. The quantitative estimate of drug-likeness (QED) is 0.635. The van der Waals surface area contributed by atoms with Crippen LogP contribution in [0.5, 0.6) is 0 Å². The molecule has 0 spiro atoms. The van der Waals surface area contributed by atoms with Crippen molar-refractivity contribution in [1.82, 2.24) is 9.97 Å². The molecule has 3 heteroatoms. The normalized spacial score (nSPS) is 11.0. The topological polar surface area (TPSA) is 25.8 Å². The Kier molecular flexibility index (Phi) is 3.28. The van der Waals surface area contributed by atoms with Crippen LogP contribution in [0, 0.1) is 27.7 Å². The number of rotatable bonds is 1. The Balaban J connectivity index is 2.27. The zero-order valence-corrected chi connectivity index (χ0v) is 12.9. The van der Waals surface area contributed by atoms with E-state index in [1.807, 2.05) is 30.5 Å². The van der Waals surface area contributed by atoms with Gasteiger partial charge in [-0.2, -0.15) is 0 Å². The zero-order chi connectivity index (χ0) is 15.1. The minimum Gasteiger partial charge on any atom is -0.236 e. The molecule has 0 fully saturated rings. The molecule has 21 heavy (non-hydrogen) atoms. The van der Waals surface area contributed by atoms with Crippen LogP contribution in [0.3, 0.4) is 0 Å². The molecular formula is C18H17BN2. The molecule has 0 aliphatic heterocycles. The highest BCUT2D eigenvalue weighted by Crippen LogP contribution is 2.28. The third-order valence-electron chi connectivity index (χ3n) is 4.40. The third kappa shape index (κ3) is 2.23. The summed E-state index contributed by atoms with van der Waals surface area (Å²) in [6.07, 6.45) is 1.93. The van der Waals surface area contributed by atoms with E-state index in [4.69, 9.17) is 12.8 Å². The number of benzene rings is 2. The van der Waals surface area contributed by atoms with Crippen molar-refractivity contribution in [2.75, 3.05) is 0 Å². The maximum Gasteiger partial charge on any atom is 0.159 e. The summed E-state index contributed by atoms with van der Waals surface area (Å²) in [6, 6.07) is 7.67. The Labute approximate surface area is 126 Å². The van der Waals surface area contributed by atoms with Gasteiger partial charge in [-0.3, -0.25) is 0 Å². The number of fused-ring (bicyclic) bond motifs is 1. The summed E-state index contributed by atoms with van der Waals surface area (Å²) in [6.45, 7) is 8.58. The van der Waals surface area contributed by atoms with E-state index in [2.05, 4.69) is 32.7 Å². The summed E-state index contributed by atoms with van der Waals surface area (Å²) in [4.78, 5) is 9.31. The standard InChI is InChI=1S/C18H17BN2/c1-10-11(2)13(4)17-16(12(10)3)9-20-18(21-17)14-5-7-15(19)8-6-14/h5-9H,1-4H3. The van der Waals surface area contributed by atoms with Crippen LogP contribution >= 0.6 is 0 Å². The van der Waals surface area contributed by atoms with Crippen LogP contribution in [-0.2, 0) is 0 Å². The summed E-state index contributed by atoms with van der Waals surface area (Å²) in [5.74, 6) is 0.744. The lowest BCUT2D eigenvalue weighted by Crippen LogP contribution is -2.01. The Morgan fingerprint density at radius 3 is 2.10 bits per heavy atom. The molecule has 3 aromatic rings. The first-order valence-corrected chi connectivity index (χ1v) is 7.08. The summed E-state index contributed by atoms with van der Waals surface area (Å²) < 4.78 is 0. The van der Waals surface area contributed by atoms with Gasteiger partial charge in [0.25, 0.3) is 0 Å². The van der Waals surface area contributed by atoms with Gasteiger partial charge in [-0.1, -0.05) is 29.7 Å². The largest absolute Gasteiger partial charge is 0.236 e. The highest BCUT2D eigenvalue weighted by Gasteiger charge is 2.12. The molecule has 0 bridgehead atoms. The fourth-order valence-electron chi connectivity index (χ4n) is 2.66. The van der Waals surface area contributed by atoms with E-state index < -0.39 is 0 Å². The molecule has 2 radical (unpaired) electrons. The van der Waals surface area contributed by atoms with Crippen LogP contribution in [-0.4, -0.2) is 17.8 Å². The summed E-state index contributed by atoms with van der Waals surface area (Å²) in [5.41, 5.74) is 7.90. The van der Waals surface area contributed by atoms with Gasteiger partial charge in [0.15, 0.2) is 5.82 Å². The Hall–Kier alpha value is -2.16. The highest BCUT2D eigenvalue weighted by atomic mass is 14.9. The molecule has 3 rings (SSSR count). The predicted molar refractivity (Wildman–Crippen MR) is 89.3 cm³/mol. The molecule has 0 aliphatic carbocycles. The molecule has 0 unspecified atom stereocenters. The van der Waals surface area contributed by atoms with Crippen LogP contribution in [0.1, 0.15) is 22.3 Å². The fourth-order valence-corrected chi connectivity index (χ4v) is 2.66. The van der Waals surface area contributed by atoms with Crippen molar-refractivity contribution in [2.24, 2.45) is 0 Å². The van der Waals surface area contributed by atoms with Crippen molar-refractivity contribution < 1.29 is 0 Å². The third-order valence-corrected chi connectivity index (χ3v) is 4.40. The maximum atomic E-state index is 5.73. The second-order valence-corrected chi connectivity index (χ2v) is 5.58. The van der Waals surface area contributed by atoms with Gasteiger partial charge in [-0.05, 0) is 49.9 Å². The molecule has 102 valence electrons. The van der Waals surface area contributed by atoms with E-state index in [0.717, 1.165) is 27.8 Å². The average molecular weight is 272 g/mol. The van der Waals surface area contributed by atoms with E-state index in [9.17, 15) is 0 Å². The van der Waals surface area contributed by atoms with Gasteiger partial charge in [0.2, 0.25) is 0 Å². The number of hydrogen-bond donors (Lipinski definition) is 0. The molecule has 1 heterocycles. The maximum absolute atomic E-state index is 5.73. The lowest BCUT2D eigenvalue weighted by Gasteiger charge is -2.13. The number of hydrogen-bond acceptors (Lipinski definition) is 2. The van der Waals surface area contributed by atoms with Crippen molar-refractivity contribution in [3.8, 4) is 11.4 Å². The lowest BCUT2D eigenvalue weighted by atomic mass is 9.94. The molecule has 0 aliphatic rings. The SMILES string of the molecule is [B]c1ccc(-c2ncc3c(C)c(C)c(C)c(C)c3n2)cc1. The Morgan fingerprint density at radius 2 is 1.43 bits per heavy atom. The first-order chi connectivity index (χ1) is 9.99. The Bertz CT molecular complexity index is 836. The lowest BCUT2D eigenvalue weighted by molar-refractivity contribution is 1.18. The van der Waals surface area contributed by atoms with E-state index in [1.54, 1.807) is 0 Å². The first kappa shape index (κ1) is 13.8. The van der Waals surface area contributed by atoms with Crippen LogP contribution in [0.2, 0.25) is 0 Å². The van der Waals surface area contributed by atoms with Crippen molar-refractivity contribution in [2.45, 2.75) is 27.7 Å². The predicted octanol–water partition coefficient (Wildman–Crippen LogP) is 3.32. The van der Waals surface area contributed by atoms with Crippen LogP contribution < -0.4 is 5.46 Å². The van der Waals surface area contributed by atoms with Gasteiger partial charge in [-0.25, -0.2) is 9.97 Å². The highest BCUT2D eigenvalue weighted by molar-refractivity contribution is 6.32. The summed E-state index contributed by atoms with van der Waals surface area (Å²) in [5, 5.41) is 1.13. The van der Waals surface area contributed by atoms with Gasteiger partial charge < -0.3 is 0 Å². The molecule has 2 aromatic carbocycles. The van der Waals surface area contributed by atoms with Crippen molar-refractivity contribution in [3.63, 3.8) is 0 Å². The first-order valence-electron chi connectivity index (χ1n) is 7.08. The van der Waals surface area contributed by atoms with E-state index >= 15 is 0 Å². The van der Waals surface area contributed by atoms with Gasteiger partial charge in [0, 0.05) is 17.1 Å². The van der Waals surface area contributed by atoms with Gasteiger partial charge >= 0.3 is 0 Å². The van der Waals surface area contributed by atoms with E-state index in [1.165, 1.54) is 22.3 Å². The fraction of sp³-hybridized carbons (Fsp3) is 0.222. The Morgan fingerprint density at radius 1 is 0.810 bits per heavy atom. The van der Waals surface area contributed by atoms with Crippen LogP contribution in [0.25, 0.3) is 22.3 Å². The minimum absolute atomic E-state index is 0.744. The average Bonchev–Trinajstić information content (AvgIpc) is 2.51. The molecule has 0 saturated heterocycles. The van der Waals surface area contributed by atoms with Crippen LogP contribution in [0.4, 0.5) is 0 Å². The van der Waals surface area contributed by atoms with Gasteiger partial charge in [-0.15, -0.1) is 0 Å². The molecule has 2 nitrogen and oxygen atoms in total. The summed E-state index contributed by atoms with van der Waals surface area (Å²) in [7, 11) is 5.73. The number of nitrogens with zero attached hydrogens (tertiary/aromatic N) is 2. The van der Waals surface area contributed by atoms with Crippen molar-refractivity contribution in [1.29, 1.82) is 0 Å².